The van der Waals surface area contributed by atoms with Gasteiger partial charge in [-0.05, 0) is 60.2 Å². The van der Waals surface area contributed by atoms with E-state index in [0.29, 0.717) is 44.5 Å². The molecule has 6 rings (SSSR count). The largest absolute Gasteiger partial charge is 0.454 e. The van der Waals surface area contributed by atoms with Gasteiger partial charge in [-0.2, -0.15) is 10.3 Å². The molecule has 36 heavy (non-hydrogen) atoms. The van der Waals surface area contributed by atoms with Crippen LogP contribution in [0.3, 0.4) is 0 Å². The molecule has 0 aliphatic carbocycles. The summed E-state index contributed by atoms with van der Waals surface area (Å²) in [6.45, 7) is 0.190. The SMILES string of the molecule is Clc1cccc(C(Cc2cc(-c3ccc4c(c3)OCO4)n(-c3cc(Cl)ccc3Cl)n2)c2nn[nH]n2)c1. The minimum atomic E-state index is -0.231. The maximum atomic E-state index is 6.58. The van der Waals surface area contributed by atoms with Gasteiger partial charge in [-0.1, -0.05) is 52.1 Å². The van der Waals surface area contributed by atoms with Gasteiger partial charge < -0.3 is 9.47 Å². The quantitative estimate of drug-likeness (QED) is 0.280. The monoisotopic (exact) mass is 538 g/mol. The normalized spacial score (nSPS) is 13.2. The van der Waals surface area contributed by atoms with Crippen molar-refractivity contribution in [2.75, 3.05) is 6.79 Å². The number of nitrogens with one attached hydrogen (secondary N) is 1. The van der Waals surface area contributed by atoms with Crippen molar-refractivity contribution in [1.82, 2.24) is 30.4 Å². The molecule has 0 amide bonds. The zero-order valence-corrected chi connectivity index (χ0v) is 20.8. The summed E-state index contributed by atoms with van der Waals surface area (Å²) in [4.78, 5) is 0. The Kier molecular flexibility index (Phi) is 6.00. The molecule has 0 fully saturated rings. The first-order valence-corrected chi connectivity index (χ1v) is 12.1. The summed E-state index contributed by atoms with van der Waals surface area (Å²) in [6, 6.07) is 20.6. The number of hydrogen-bond acceptors (Lipinski definition) is 6. The molecule has 1 aliphatic rings. The molecule has 0 radical (unpaired) electrons. The highest BCUT2D eigenvalue weighted by atomic mass is 35.5. The Balaban J connectivity index is 1.47. The number of H-pyrrole nitrogens is 1. The molecule has 3 heterocycles. The van der Waals surface area contributed by atoms with Crippen LogP contribution in [0.15, 0.2) is 66.7 Å². The molecule has 1 atom stereocenters. The van der Waals surface area contributed by atoms with E-state index in [1.807, 2.05) is 48.5 Å². The van der Waals surface area contributed by atoms with Gasteiger partial charge in [0.1, 0.15) is 0 Å². The molecular weight excluding hydrogens is 523 g/mol. The third kappa shape index (κ3) is 4.39. The Morgan fingerprint density at radius 2 is 1.78 bits per heavy atom. The molecule has 0 spiro atoms. The van der Waals surface area contributed by atoms with E-state index in [2.05, 4.69) is 20.6 Å². The molecule has 180 valence electrons. The zero-order valence-electron chi connectivity index (χ0n) is 18.5. The molecule has 11 heteroatoms. The molecule has 3 aromatic carbocycles. The van der Waals surface area contributed by atoms with Gasteiger partial charge in [-0.15, -0.1) is 10.2 Å². The summed E-state index contributed by atoms with van der Waals surface area (Å²) in [7, 11) is 0. The average Bonchev–Trinajstić information content (AvgIpc) is 3.64. The Morgan fingerprint density at radius 1 is 0.917 bits per heavy atom. The number of aromatic amines is 1. The molecule has 8 nitrogen and oxygen atoms in total. The minimum absolute atomic E-state index is 0.190. The van der Waals surface area contributed by atoms with E-state index in [4.69, 9.17) is 49.4 Å². The number of aromatic nitrogens is 6. The molecular formula is C25H17Cl3N6O2. The fraction of sp³-hybridized carbons (Fsp3) is 0.120. The molecule has 1 aliphatic heterocycles. The maximum Gasteiger partial charge on any atom is 0.231 e. The van der Waals surface area contributed by atoms with Crippen molar-refractivity contribution < 1.29 is 9.47 Å². The Labute approximate surface area is 220 Å². The topological polar surface area (TPSA) is 90.7 Å². The molecule has 0 bridgehead atoms. The first kappa shape index (κ1) is 22.8. The van der Waals surface area contributed by atoms with Crippen molar-refractivity contribution in [3.05, 3.63) is 98.9 Å². The Bertz CT molecular complexity index is 1550. The van der Waals surface area contributed by atoms with E-state index in [0.717, 1.165) is 22.5 Å². The van der Waals surface area contributed by atoms with E-state index in [1.54, 1.807) is 22.9 Å². The molecule has 1 N–H and O–H groups in total. The molecule has 2 aromatic heterocycles. The number of rotatable bonds is 6. The van der Waals surface area contributed by atoms with Gasteiger partial charge in [0.25, 0.3) is 0 Å². The number of halogens is 3. The highest BCUT2D eigenvalue weighted by Gasteiger charge is 2.24. The second-order valence-electron chi connectivity index (χ2n) is 8.18. The summed E-state index contributed by atoms with van der Waals surface area (Å²) in [6.07, 6.45) is 0.489. The van der Waals surface area contributed by atoms with Crippen LogP contribution >= 0.6 is 34.8 Å². The molecule has 0 saturated heterocycles. The van der Waals surface area contributed by atoms with Crippen molar-refractivity contribution in [3.8, 4) is 28.4 Å². The number of ether oxygens (including phenoxy) is 2. The number of hydrogen-bond donors (Lipinski definition) is 1. The van der Waals surface area contributed by atoms with Crippen LogP contribution in [0.1, 0.15) is 23.0 Å². The van der Waals surface area contributed by atoms with Crippen LogP contribution in [0, 0.1) is 0 Å². The lowest BCUT2D eigenvalue weighted by Gasteiger charge is -2.13. The number of fused-ring (bicyclic) bond motifs is 1. The van der Waals surface area contributed by atoms with Crippen LogP contribution in [0.25, 0.3) is 16.9 Å². The maximum absolute atomic E-state index is 6.58. The highest BCUT2D eigenvalue weighted by molar-refractivity contribution is 6.34. The second-order valence-corrected chi connectivity index (χ2v) is 9.46. The van der Waals surface area contributed by atoms with E-state index in [9.17, 15) is 0 Å². The van der Waals surface area contributed by atoms with Crippen LogP contribution in [0.4, 0.5) is 0 Å². The van der Waals surface area contributed by atoms with Crippen molar-refractivity contribution in [2.45, 2.75) is 12.3 Å². The average molecular weight is 540 g/mol. The summed E-state index contributed by atoms with van der Waals surface area (Å²) in [5.74, 6) is 1.68. The van der Waals surface area contributed by atoms with E-state index >= 15 is 0 Å². The lowest BCUT2D eigenvalue weighted by Crippen LogP contribution is -2.08. The van der Waals surface area contributed by atoms with E-state index < -0.39 is 0 Å². The van der Waals surface area contributed by atoms with Crippen molar-refractivity contribution in [2.24, 2.45) is 0 Å². The van der Waals surface area contributed by atoms with Gasteiger partial charge in [0.05, 0.1) is 28.0 Å². The summed E-state index contributed by atoms with van der Waals surface area (Å²) >= 11 is 19.2. The third-order valence-corrected chi connectivity index (χ3v) is 6.69. The number of benzene rings is 3. The van der Waals surface area contributed by atoms with Crippen molar-refractivity contribution in [1.29, 1.82) is 0 Å². The van der Waals surface area contributed by atoms with Crippen LogP contribution in [0.2, 0.25) is 15.1 Å². The fourth-order valence-electron chi connectivity index (χ4n) is 4.23. The van der Waals surface area contributed by atoms with Gasteiger partial charge in [0.2, 0.25) is 6.79 Å². The highest BCUT2D eigenvalue weighted by Crippen LogP contribution is 2.38. The van der Waals surface area contributed by atoms with Crippen LogP contribution < -0.4 is 9.47 Å². The summed E-state index contributed by atoms with van der Waals surface area (Å²) in [5, 5.41) is 21.4. The van der Waals surface area contributed by atoms with E-state index in [1.165, 1.54) is 0 Å². The summed E-state index contributed by atoms with van der Waals surface area (Å²) < 4.78 is 12.9. The molecule has 1 unspecified atom stereocenters. The Morgan fingerprint density at radius 3 is 2.61 bits per heavy atom. The second kappa shape index (κ2) is 9.46. The fourth-order valence-corrected chi connectivity index (χ4v) is 4.79. The lowest BCUT2D eigenvalue weighted by molar-refractivity contribution is 0.174. The van der Waals surface area contributed by atoms with E-state index in [-0.39, 0.29) is 12.7 Å². The first-order valence-electron chi connectivity index (χ1n) is 11.0. The molecule has 5 aromatic rings. The van der Waals surface area contributed by atoms with Gasteiger partial charge in [-0.3, -0.25) is 0 Å². The zero-order chi connectivity index (χ0) is 24.6. The van der Waals surface area contributed by atoms with Gasteiger partial charge in [0, 0.05) is 22.0 Å². The van der Waals surface area contributed by atoms with Gasteiger partial charge in [0.15, 0.2) is 17.3 Å². The summed E-state index contributed by atoms with van der Waals surface area (Å²) in [5.41, 5.74) is 4.08. The smallest absolute Gasteiger partial charge is 0.231 e. The number of tetrazole rings is 1. The molecule has 0 saturated carbocycles. The van der Waals surface area contributed by atoms with Gasteiger partial charge in [-0.25, -0.2) is 4.68 Å². The standard InChI is InChI=1S/C25H17Cl3N6O2/c26-16-3-1-2-14(8-16)19(25-29-32-33-30-25)11-18-12-21(15-4-7-23-24(9-15)36-13-35-23)34(31-18)22-10-17(27)5-6-20(22)28/h1-10,12,19H,11,13H2,(H,29,30,32,33). The Hall–Kier alpha value is -3.59. The predicted octanol–water partition coefficient (Wildman–Crippen LogP) is 6.12. The van der Waals surface area contributed by atoms with Crippen molar-refractivity contribution >= 4 is 34.8 Å². The predicted molar refractivity (Wildman–Crippen MR) is 136 cm³/mol. The van der Waals surface area contributed by atoms with Crippen LogP contribution in [-0.2, 0) is 6.42 Å². The first-order chi connectivity index (χ1) is 17.5. The van der Waals surface area contributed by atoms with Crippen LogP contribution in [-0.4, -0.2) is 37.2 Å². The third-order valence-electron chi connectivity index (χ3n) is 5.90. The van der Waals surface area contributed by atoms with Gasteiger partial charge >= 0.3 is 0 Å². The van der Waals surface area contributed by atoms with Crippen LogP contribution in [0.5, 0.6) is 11.5 Å². The number of nitrogens with zero attached hydrogens (tertiary/aromatic N) is 5. The van der Waals surface area contributed by atoms with Crippen molar-refractivity contribution in [3.63, 3.8) is 0 Å². The lowest BCUT2D eigenvalue weighted by atomic mass is 9.93. The minimum Gasteiger partial charge on any atom is -0.454 e.